The highest BCUT2D eigenvalue weighted by Crippen LogP contribution is 2.13. The van der Waals surface area contributed by atoms with Gasteiger partial charge in [-0.15, -0.1) is 0 Å². The number of carboxylic acids is 1. The lowest BCUT2D eigenvalue weighted by molar-refractivity contribution is -0.138. The highest BCUT2D eigenvalue weighted by atomic mass is 32.2. The van der Waals surface area contributed by atoms with Gasteiger partial charge in [0.25, 0.3) is 0 Å². The Kier molecular flexibility index (Phi) is 4.06. The van der Waals surface area contributed by atoms with Crippen LogP contribution in [0.5, 0.6) is 0 Å². The van der Waals surface area contributed by atoms with E-state index in [1.165, 1.54) is 6.92 Å². The molecule has 6 nitrogen and oxygen atoms in total. The molecule has 0 saturated carbocycles. The van der Waals surface area contributed by atoms with E-state index in [1.54, 1.807) is 0 Å². The van der Waals surface area contributed by atoms with Crippen LogP contribution in [0.3, 0.4) is 0 Å². The van der Waals surface area contributed by atoms with Gasteiger partial charge >= 0.3 is 5.97 Å². The van der Waals surface area contributed by atoms with Gasteiger partial charge in [-0.3, -0.25) is 4.79 Å². The smallest absolute Gasteiger partial charge is 0.321 e. The van der Waals surface area contributed by atoms with Crippen LogP contribution in [0.15, 0.2) is 0 Å². The summed E-state index contributed by atoms with van der Waals surface area (Å²) in [7, 11) is -3.58. The van der Waals surface area contributed by atoms with Crippen LogP contribution in [-0.2, 0) is 19.6 Å². The maximum Gasteiger partial charge on any atom is 0.321 e. The van der Waals surface area contributed by atoms with Crippen LogP contribution < -0.4 is 4.72 Å². The molecule has 1 rings (SSSR count). The van der Waals surface area contributed by atoms with Crippen LogP contribution in [0.4, 0.5) is 0 Å². The molecular formula is C8H15NO5S. The molecule has 0 aromatic carbocycles. The summed E-state index contributed by atoms with van der Waals surface area (Å²) >= 11 is 0. The van der Waals surface area contributed by atoms with E-state index in [0.29, 0.717) is 19.4 Å². The normalized spacial score (nSPS) is 24.7. The van der Waals surface area contributed by atoms with Crippen molar-refractivity contribution in [3.8, 4) is 0 Å². The molecule has 0 spiro atoms. The minimum absolute atomic E-state index is 0.141. The lowest BCUT2D eigenvalue weighted by Crippen LogP contribution is -2.45. The Labute approximate surface area is 88.7 Å². The van der Waals surface area contributed by atoms with Gasteiger partial charge in [0.15, 0.2) is 0 Å². The highest BCUT2D eigenvalue weighted by Gasteiger charge is 2.30. The van der Waals surface area contributed by atoms with E-state index in [2.05, 4.69) is 4.72 Å². The fourth-order valence-electron chi connectivity index (χ4n) is 1.35. The van der Waals surface area contributed by atoms with Gasteiger partial charge in [0.05, 0.1) is 11.9 Å². The first kappa shape index (κ1) is 12.4. The molecule has 88 valence electrons. The van der Waals surface area contributed by atoms with Crippen molar-refractivity contribution in [3.63, 3.8) is 0 Å². The Hall–Kier alpha value is -0.660. The Bertz CT molecular complexity index is 320. The van der Waals surface area contributed by atoms with Crippen molar-refractivity contribution < 1.29 is 23.1 Å². The van der Waals surface area contributed by atoms with Gasteiger partial charge in [-0.1, -0.05) is 0 Å². The molecule has 15 heavy (non-hydrogen) atoms. The molecule has 2 atom stereocenters. The number of hydrogen-bond acceptors (Lipinski definition) is 4. The molecule has 1 heterocycles. The van der Waals surface area contributed by atoms with Gasteiger partial charge in [0.2, 0.25) is 10.0 Å². The fraction of sp³-hybridized carbons (Fsp3) is 0.875. The number of hydrogen-bond donors (Lipinski definition) is 2. The first-order chi connectivity index (χ1) is 6.93. The lowest BCUT2D eigenvalue weighted by atomic mass is 10.2. The molecule has 0 aromatic heterocycles. The third-order valence-corrected chi connectivity index (χ3v) is 4.20. The zero-order chi connectivity index (χ0) is 11.5. The second-order valence-electron chi connectivity index (χ2n) is 3.56. The Morgan fingerprint density at radius 3 is 2.73 bits per heavy atom. The van der Waals surface area contributed by atoms with E-state index in [9.17, 15) is 13.2 Å². The monoisotopic (exact) mass is 237 g/mol. The Balaban J connectivity index is 2.61. The van der Waals surface area contributed by atoms with Gasteiger partial charge in [0, 0.05) is 6.61 Å². The highest BCUT2D eigenvalue weighted by molar-refractivity contribution is 7.90. The summed E-state index contributed by atoms with van der Waals surface area (Å²) in [5, 5.41) is 7.95. The first-order valence-electron chi connectivity index (χ1n) is 4.75. The topological polar surface area (TPSA) is 92.7 Å². The van der Waals surface area contributed by atoms with E-state index >= 15 is 0 Å². The van der Waals surface area contributed by atoms with E-state index in [4.69, 9.17) is 9.84 Å². The van der Waals surface area contributed by atoms with E-state index in [1.807, 2.05) is 0 Å². The Morgan fingerprint density at radius 2 is 2.27 bits per heavy atom. The fourth-order valence-corrected chi connectivity index (χ4v) is 2.89. The standard InChI is InChI=1S/C8H15NO5S/c1-6(8(10)11)9-15(12,13)7-3-2-4-14-5-7/h6-7,9H,2-5H2,1H3,(H,10,11)/t6-,7?/m0/s1. The molecule has 7 heteroatoms. The summed E-state index contributed by atoms with van der Waals surface area (Å²) < 4.78 is 30.5. The minimum Gasteiger partial charge on any atom is -0.480 e. The largest absolute Gasteiger partial charge is 0.480 e. The number of rotatable bonds is 4. The van der Waals surface area contributed by atoms with Crippen molar-refractivity contribution in [2.24, 2.45) is 0 Å². The third-order valence-electron chi connectivity index (χ3n) is 2.27. The van der Waals surface area contributed by atoms with Crippen LogP contribution in [-0.4, -0.2) is 44.0 Å². The summed E-state index contributed by atoms with van der Waals surface area (Å²) in [6, 6.07) is -1.10. The molecule has 1 unspecified atom stereocenters. The van der Waals surface area contributed by atoms with Crippen LogP contribution in [0.2, 0.25) is 0 Å². The van der Waals surface area contributed by atoms with Crippen molar-refractivity contribution >= 4 is 16.0 Å². The molecular weight excluding hydrogens is 222 g/mol. The summed E-state index contributed by atoms with van der Waals surface area (Å²) in [5.74, 6) is -1.18. The number of aliphatic carboxylic acids is 1. The van der Waals surface area contributed by atoms with Crippen molar-refractivity contribution in [2.45, 2.75) is 31.1 Å². The average molecular weight is 237 g/mol. The van der Waals surface area contributed by atoms with Gasteiger partial charge in [-0.05, 0) is 19.8 Å². The summed E-state index contributed by atoms with van der Waals surface area (Å²) in [6.45, 7) is 2.01. The van der Waals surface area contributed by atoms with Crippen LogP contribution >= 0.6 is 0 Å². The van der Waals surface area contributed by atoms with Gasteiger partial charge in [0.1, 0.15) is 6.04 Å². The lowest BCUT2D eigenvalue weighted by Gasteiger charge is -2.23. The van der Waals surface area contributed by atoms with E-state index < -0.39 is 27.3 Å². The molecule has 2 N–H and O–H groups in total. The number of carboxylic acid groups (broad SMARTS) is 1. The second kappa shape index (κ2) is 4.91. The SMILES string of the molecule is C[C@H](NS(=O)(=O)C1CCCOC1)C(=O)O. The van der Waals surface area contributed by atoms with E-state index in [-0.39, 0.29) is 6.61 Å². The second-order valence-corrected chi connectivity index (χ2v) is 5.55. The van der Waals surface area contributed by atoms with Crippen LogP contribution in [0.25, 0.3) is 0 Å². The average Bonchev–Trinajstić information content (AvgIpc) is 2.18. The zero-order valence-corrected chi connectivity index (χ0v) is 9.29. The van der Waals surface area contributed by atoms with E-state index in [0.717, 1.165) is 0 Å². The maximum absolute atomic E-state index is 11.6. The minimum atomic E-state index is -3.58. The van der Waals surface area contributed by atoms with Crippen molar-refractivity contribution in [1.82, 2.24) is 4.72 Å². The maximum atomic E-state index is 11.6. The van der Waals surface area contributed by atoms with Crippen molar-refractivity contribution in [1.29, 1.82) is 0 Å². The predicted molar refractivity (Wildman–Crippen MR) is 53.0 cm³/mol. The molecule has 1 aliphatic heterocycles. The van der Waals surface area contributed by atoms with Crippen LogP contribution in [0, 0.1) is 0 Å². The summed E-state index contributed by atoms with van der Waals surface area (Å²) in [4.78, 5) is 10.5. The molecule has 1 fully saturated rings. The molecule has 0 aliphatic carbocycles. The number of nitrogens with one attached hydrogen (secondary N) is 1. The molecule has 0 bridgehead atoms. The zero-order valence-electron chi connectivity index (χ0n) is 8.47. The molecule has 1 saturated heterocycles. The third kappa shape index (κ3) is 3.44. The Morgan fingerprint density at radius 1 is 1.60 bits per heavy atom. The molecule has 0 amide bonds. The number of sulfonamides is 1. The van der Waals surface area contributed by atoms with Crippen molar-refractivity contribution in [3.05, 3.63) is 0 Å². The molecule has 0 radical (unpaired) electrons. The van der Waals surface area contributed by atoms with Crippen LogP contribution in [0.1, 0.15) is 19.8 Å². The molecule has 0 aromatic rings. The summed E-state index contributed by atoms with van der Waals surface area (Å²) in [6.07, 6.45) is 1.20. The number of ether oxygens (including phenoxy) is 1. The van der Waals surface area contributed by atoms with Gasteiger partial charge < -0.3 is 9.84 Å². The summed E-state index contributed by atoms with van der Waals surface area (Å²) in [5.41, 5.74) is 0. The van der Waals surface area contributed by atoms with Gasteiger partial charge in [-0.2, -0.15) is 0 Å². The first-order valence-corrected chi connectivity index (χ1v) is 6.30. The van der Waals surface area contributed by atoms with Gasteiger partial charge in [-0.25, -0.2) is 13.1 Å². The number of carbonyl (C=O) groups is 1. The molecule has 1 aliphatic rings. The van der Waals surface area contributed by atoms with Crippen molar-refractivity contribution in [2.75, 3.05) is 13.2 Å². The quantitative estimate of drug-likeness (QED) is 0.691. The predicted octanol–water partition coefficient (Wildman–Crippen LogP) is -0.442.